The lowest BCUT2D eigenvalue weighted by Gasteiger charge is -2.16. The van der Waals surface area contributed by atoms with E-state index in [-0.39, 0.29) is 17.8 Å². The van der Waals surface area contributed by atoms with E-state index >= 15 is 0 Å². The number of carbonyl (C=O) groups is 1. The van der Waals surface area contributed by atoms with Gasteiger partial charge in [0.05, 0.1) is 6.61 Å². The van der Waals surface area contributed by atoms with Gasteiger partial charge in [0.1, 0.15) is 6.04 Å². The lowest BCUT2D eigenvalue weighted by atomic mass is 10.3. The SMILES string of the molecule is COCCNC(=O)C(C)Nc1nc(NN)nc(N(C)C)n1. The summed E-state index contributed by atoms with van der Waals surface area (Å²) in [5, 5.41) is 5.62. The molecule has 10 heteroatoms. The van der Waals surface area contributed by atoms with Gasteiger partial charge in [0.25, 0.3) is 0 Å². The topological polar surface area (TPSA) is 130 Å². The highest BCUT2D eigenvalue weighted by molar-refractivity contribution is 5.83. The van der Waals surface area contributed by atoms with Gasteiger partial charge in [-0.2, -0.15) is 15.0 Å². The smallest absolute Gasteiger partial charge is 0.243 e. The average Bonchev–Trinajstić information content (AvgIpc) is 2.46. The second-order valence-electron chi connectivity index (χ2n) is 4.47. The van der Waals surface area contributed by atoms with Crippen molar-refractivity contribution in [3.63, 3.8) is 0 Å². The van der Waals surface area contributed by atoms with Crippen molar-refractivity contribution in [1.82, 2.24) is 20.3 Å². The van der Waals surface area contributed by atoms with Gasteiger partial charge in [0.2, 0.25) is 23.8 Å². The van der Waals surface area contributed by atoms with Crippen molar-refractivity contribution in [3.8, 4) is 0 Å². The van der Waals surface area contributed by atoms with E-state index in [1.807, 2.05) is 0 Å². The first kappa shape index (κ1) is 16.9. The van der Waals surface area contributed by atoms with Gasteiger partial charge in [-0.25, -0.2) is 5.84 Å². The van der Waals surface area contributed by atoms with Crippen LogP contribution in [-0.2, 0) is 9.53 Å². The van der Waals surface area contributed by atoms with E-state index in [2.05, 4.69) is 31.0 Å². The van der Waals surface area contributed by atoms with Gasteiger partial charge < -0.3 is 20.3 Å². The summed E-state index contributed by atoms with van der Waals surface area (Å²) in [6, 6.07) is -0.509. The van der Waals surface area contributed by atoms with Crippen LogP contribution in [0.1, 0.15) is 6.92 Å². The molecule has 118 valence electrons. The first-order valence-electron chi connectivity index (χ1n) is 6.41. The molecule has 1 aromatic rings. The molecule has 1 amide bonds. The van der Waals surface area contributed by atoms with Crippen molar-refractivity contribution in [3.05, 3.63) is 0 Å². The predicted molar refractivity (Wildman–Crippen MR) is 79.9 cm³/mol. The molecule has 10 nitrogen and oxygen atoms in total. The number of rotatable bonds is 8. The van der Waals surface area contributed by atoms with Crippen molar-refractivity contribution in [1.29, 1.82) is 0 Å². The Balaban J connectivity index is 2.72. The van der Waals surface area contributed by atoms with Crippen LogP contribution in [0.2, 0.25) is 0 Å². The third-order valence-electron chi connectivity index (χ3n) is 2.50. The van der Waals surface area contributed by atoms with Crippen LogP contribution in [0.4, 0.5) is 17.8 Å². The number of amides is 1. The first-order valence-corrected chi connectivity index (χ1v) is 6.41. The van der Waals surface area contributed by atoms with Crippen LogP contribution in [0, 0.1) is 0 Å². The number of ether oxygens (including phenoxy) is 1. The Bertz CT molecular complexity index is 468. The van der Waals surface area contributed by atoms with Gasteiger partial charge in [-0.15, -0.1) is 0 Å². The largest absolute Gasteiger partial charge is 0.383 e. The molecule has 0 aliphatic carbocycles. The van der Waals surface area contributed by atoms with Gasteiger partial charge >= 0.3 is 0 Å². The van der Waals surface area contributed by atoms with Gasteiger partial charge in [-0.3, -0.25) is 10.2 Å². The fourth-order valence-corrected chi connectivity index (χ4v) is 1.38. The standard InChI is InChI=1S/C11H22N8O2/c1-7(8(20)13-5-6-21-4)14-9-15-10(18-12)17-11(16-9)19(2)3/h7H,5-6,12H2,1-4H3,(H,13,20)(H2,14,15,16,17,18). The maximum atomic E-state index is 11.8. The van der Waals surface area contributed by atoms with Crippen LogP contribution in [0.25, 0.3) is 0 Å². The number of hydrazine groups is 1. The fourth-order valence-electron chi connectivity index (χ4n) is 1.38. The lowest BCUT2D eigenvalue weighted by molar-refractivity contribution is -0.121. The van der Waals surface area contributed by atoms with Gasteiger partial charge in [-0.05, 0) is 6.92 Å². The van der Waals surface area contributed by atoms with E-state index in [0.29, 0.717) is 19.1 Å². The van der Waals surface area contributed by atoms with Gasteiger partial charge in [-0.1, -0.05) is 0 Å². The molecule has 1 aromatic heterocycles. The summed E-state index contributed by atoms with van der Waals surface area (Å²) in [5.41, 5.74) is 2.36. The zero-order valence-corrected chi connectivity index (χ0v) is 12.7. The Morgan fingerprint density at radius 1 is 1.33 bits per heavy atom. The number of methoxy groups -OCH3 is 1. The molecule has 5 N–H and O–H groups in total. The molecular formula is C11H22N8O2. The van der Waals surface area contributed by atoms with Crippen LogP contribution in [0.5, 0.6) is 0 Å². The second kappa shape index (κ2) is 8.17. The number of nitrogens with one attached hydrogen (secondary N) is 3. The summed E-state index contributed by atoms with van der Waals surface area (Å²) >= 11 is 0. The van der Waals surface area contributed by atoms with Crippen molar-refractivity contribution in [2.45, 2.75) is 13.0 Å². The summed E-state index contributed by atoms with van der Waals surface area (Å²) in [6.07, 6.45) is 0. The second-order valence-corrected chi connectivity index (χ2v) is 4.47. The van der Waals surface area contributed by atoms with E-state index in [1.54, 1.807) is 33.0 Å². The first-order chi connectivity index (χ1) is 9.97. The third-order valence-corrected chi connectivity index (χ3v) is 2.50. The maximum absolute atomic E-state index is 11.8. The third kappa shape index (κ3) is 5.36. The van der Waals surface area contributed by atoms with Crippen molar-refractivity contribution in [2.24, 2.45) is 5.84 Å². The fraction of sp³-hybridized carbons (Fsp3) is 0.636. The molecule has 0 radical (unpaired) electrons. The molecule has 0 aliphatic heterocycles. The Hall–Kier alpha value is -2.20. The van der Waals surface area contributed by atoms with E-state index < -0.39 is 6.04 Å². The maximum Gasteiger partial charge on any atom is 0.243 e. The number of anilines is 3. The highest BCUT2D eigenvalue weighted by atomic mass is 16.5. The monoisotopic (exact) mass is 298 g/mol. The molecule has 0 aliphatic rings. The van der Waals surface area contributed by atoms with E-state index in [0.717, 1.165) is 0 Å². The van der Waals surface area contributed by atoms with Crippen LogP contribution in [0.15, 0.2) is 0 Å². The molecule has 0 bridgehead atoms. The van der Waals surface area contributed by atoms with E-state index in [4.69, 9.17) is 10.6 Å². The molecule has 1 unspecified atom stereocenters. The molecule has 0 saturated carbocycles. The zero-order valence-electron chi connectivity index (χ0n) is 12.7. The number of carbonyl (C=O) groups excluding carboxylic acids is 1. The predicted octanol–water partition coefficient (Wildman–Crippen LogP) is -1.21. The van der Waals surface area contributed by atoms with Gasteiger partial charge in [0.15, 0.2) is 0 Å². The quantitative estimate of drug-likeness (QED) is 0.265. The Morgan fingerprint density at radius 2 is 2.00 bits per heavy atom. The molecule has 1 atom stereocenters. The van der Waals surface area contributed by atoms with E-state index in [9.17, 15) is 4.79 Å². The summed E-state index contributed by atoms with van der Waals surface area (Å²) < 4.78 is 4.87. The number of aromatic nitrogens is 3. The lowest BCUT2D eigenvalue weighted by Crippen LogP contribution is -2.39. The highest BCUT2D eigenvalue weighted by Crippen LogP contribution is 2.11. The number of nitrogens with two attached hydrogens (primary N) is 1. The van der Waals surface area contributed by atoms with Crippen molar-refractivity contribution < 1.29 is 9.53 Å². The number of nitrogen functional groups attached to an aromatic ring is 1. The molecular weight excluding hydrogens is 276 g/mol. The summed E-state index contributed by atoms with van der Waals surface area (Å²) in [5.74, 6) is 6.03. The molecule has 1 heterocycles. The van der Waals surface area contributed by atoms with Gasteiger partial charge in [0, 0.05) is 27.7 Å². The molecule has 0 saturated heterocycles. The highest BCUT2D eigenvalue weighted by Gasteiger charge is 2.15. The Kier molecular flexibility index (Phi) is 6.56. The van der Waals surface area contributed by atoms with Crippen LogP contribution < -0.4 is 26.8 Å². The average molecular weight is 298 g/mol. The van der Waals surface area contributed by atoms with E-state index in [1.165, 1.54) is 0 Å². The summed E-state index contributed by atoms with van der Waals surface area (Å²) in [7, 11) is 5.16. The van der Waals surface area contributed by atoms with Crippen molar-refractivity contribution >= 4 is 23.8 Å². The zero-order chi connectivity index (χ0) is 15.8. The van der Waals surface area contributed by atoms with Crippen molar-refractivity contribution in [2.75, 3.05) is 50.0 Å². The molecule has 1 rings (SSSR count). The Morgan fingerprint density at radius 3 is 2.57 bits per heavy atom. The summed E-state index contributed by atoms with van der Waals surface area (Å²) in [4.78, 5) is 25.9. The minimum atomic E-state index is -0.509. The minimum Gasteiger partial charge on any atom is -0.383 e. The normalized spacial score (nSPS) is 11.7. The number of nitrogens with zero attached hydrogens (tertiary/aromatic N) is 4. The number of hydrogen-bond donors (Lipinski definition) is 4. The molecule has 0 aromatic carbocycles. The van der Waals surface area contributed by atoms with Crippen LogP contribution >= 0.6 is 0 Å². The minimum absolute atomic E-state index is 0.180. The number of hydrogen-bond acceptors (Lipinski definition) is 9. The van der Waals surface area contributed by atoms with Crippen LogP contribution in [-0.4, -0.2) is 61.3 Å². The Labute approximate surface area is 123 Å². The van der Waals surface area contributed by atoms with Crippen LogP contribution in [0.3, 0.4) is 0 Å². The summed E-state index contributed by atoms with van der Waals surface area (Å²) in [6.45, 7) is 2.60. The molecule has 0 fully saturated rings. The molecule has 0 spiro atoms. The molecule has 21 heavy (non-hydrogen) atoms.